The van der Waals surface area contributed by atoms with Crippen LogP contribution in [0.4, 0.5) is 0 Å². The predicted octanol–water partition coefficient (Wildman–Crippen LogP) is 5.27. The Morgan fingerprint density at radius 3 is 2.65 bits per heavy atom. The topological polar surface area (TPSA) is 29.1 Å². The van der Waals surface area contributed by atoms with Gasteiger partial charge in [-0.2, -0.15) is 0 Å². The second-order valence-corrected chi connectivity index (χ2v) is 7.00. The van der Waals surface area contributed by atoms with Crippen molar-refractivity contribution in [1.29, 1.82) is 0 Å². The maximum Gasteiger partial charge on any atom is 0.263 e. The van der Waals surface area contributed by atoms with Gasteiger partial charge in [-0.25, -0.2) is 0 Å². The molecular weight excluding hydrogens is 313 g/mol. The summed E-state index contributed by atoms with van der Waals surface area (Å²) in [6.07, 6.45) is 5.78. The number of hydrogen-bond acceptors (Lipinski definition) is 2. The van der Waals surface area contributed by atoms with Gasteiger partial charge in [0.05, 0.1) is 10.0 Å². The molecule has 1 saturated carbocycles. The Hall–Kier alpha value is -0.770. The third-order valence-corrected chi connectivity index (χ3v) is 5.71. The number of rotatable bonds is 2. The van der Waals surface area contributed by atoms with Crippen molar-refractivity contribution in [3.05, 3.63) is 33.1 Å². The third kappa shape index (κ3) is 2.67. The van der Waals surface area contributed by atoms with Gasteiger partial charge in [-0.1, -0.05) is 48.5 Å². The summed E-state index contributed by atoms with van der Waals surface area (Å²) in [5.74, 6) is -0.0702. The zero-order valence-corrected chi connectivity index (χ0v) is 13.2. The number of fused-ring (bicyclic) bond motifs is 1. The molecule has 3 rings (SSSR count). The predicted molar refractivity (Wildman–Crippen MR) is 86.2 cm³/mol. The molecule has 0 saturated heterocycles. The second-order valence-electron chi connectivity index (χ2n) is 5.17. The van der Waals surface area contributed by atoms with E-state index in [2.05, 4.69) is 5.32 Å². The van der Waals surface area contributed by atoms with Gasteiger partial charge in [0, 0.05) is 16.1 Å². The molecule has 1 amide bonds. The Labute approximate surface area is 132 Å². The highest BCUT2D eigenvalue weighted by atomic mass is 35.5. The number of carbonyl (C=O) groups excluding carboxylic acids is 1. The van der Waals surface area contributed by atoms with Crippen molar-refractivity contribution in [1.82, 2.24) is 5.32 Å². The van der Waals surface area contributed by atoms with Gasteiger partial charge in [-0.15, -0.1) is 11.3 Å². The molecule has 20 heavy (non-hydrogen) atoms. The number of hydrogen-bond donors (Lipinski definition) is 1. The van der Waals surface area contributed by atoms with Crippen molar-refractivity contribution in [2.75, 3.05) is 0 Å². The van der Waals surface area contributed by atoms with Gasteiger partial charge in [0.2, 0.25) is 0 Å². The average molecular weight is 328 g/mol. The molecular formula is C15H15Cl2NOS. The average Bonchev–Trinajstić information content (AvgIpc) is 2.79. The van der Waals surface area contributed by atoms with E-state index in [1.807, 2.05) is 12.1 Å². The first-order valence-corrected chi connectivity index (χ1v) is 8.41. The summed E-state index contributed by atoms with van der Waals surface area (Å²) in [6.45, 7) is 0. The molecule has 1 aliphatic rings. The van der Waals surface area contributed by atoms with E-state index >= 15 is 0 Å². The molecule has 1 aromatic carbocycles. The zero-order chi connectivity index (χ0) is 14.1. The monoisotopic (exact) mass is 327 g/mol. The first kappa shape index (κ1) is 14.2. The number of amides is 1. The smallest absolute Gasteiger partial charge is 0.263 e. The zero-order valence-electron chi connectivity index (χ0n) is 10.9. The van der Waals surface area contributed by atoms with E-state index in [1.54, 1.807) is 6.07 Å². The largest absolute Gasteiger partial charge is 0.349 e. The van der Waals surface area contributed by atoms with E-state index in [0.29, 0.717) is 14.9 Å². The van der Waals surface area contributed by atoms with Gasteiger partial charge >= 0.3 is 0 Å². The molecule has 0 aliphatic heterocycles. The Morgan fingerprint density at radius 2 is 1.95 bits per heavy atom. The van der Waals surface area contributed by atoms with Crippen LogP contribution in [-0.2, 0) is 0 Å². The Bertz CT molecular complexity index is 647. The minimum atomic E-state index is -0.0702. The van der Waals surface area contributed by atoms with Crippen molar-refractivity contribution in [2.24, 2.45) is 0 Å². The number of carbonyl (C=O) groups is 1. The fraction of sp³-hybridized carbons (Fsp3) is 0.400. The minimum absolute atomic E-state index is 0.0702. The van der Waals surface area contributed by atoms with Crippen molar-refractivity contribution in [3.8, 4) is 0 Å². The molecule has 2 aromatic rings. The summed E-state index contributed by atoms with van der Waals surface area (Å²) >= 11 is 13.9. The van der Waals surface area contributed by atoms with Crippen molar-refractivity contribution in [3.63, 3.8) is 0 Å². The lowest BCUT2D eigenvalue weighted by Gasteiger charge is -2.22. The molecule has 0 atom stereocenters. The normalized spacial score (nSPS) is 16.5. The molecule has 5 heteroatoms. The Balaban J connectivity index is 1.87. The van der Waals surface area contributed by atoms with E-state index in [0.717, 1.165) is 22.9 Å². The van der Waals surface area contributed by atoms with Crippen LogP contribution in [-0.4, -0.2) is 11.9 Å². The Morgan fingerprint density at radius 1 is 1.20 bits per heavy atom. The minimum Gasteiger partial charge on any atom is -0.349 e. The lowest BCUT2D eigenvalue weighted by Crippen LogP contribution is -2.35. The van der Waals surface area contributed by atoms with E-state index in [9.17, 15) is 4.79 Å². The quantitative estimate of drug-likeness (QED) is 0.799. The molecule has 0 spiro atoms. The lowest BCUT2D eigenvalue weighted by atomic mass is 9.95. The highest BCUT2D eigenvalue weighted by molar-refractivity contribution is 7.21. The van der Waals surface area contributed by atoms with Gasteiger partial charge in [-0.3, -0.25) is 4.79 Å². The Kier molecular flexibility index (Phi) is 4.20. The van der Waals surface area contributed by atoms with Crippen LogP contribution >= 0.6 is 34.5 Å². The van der Waals surface area contributed by atoms with E-state index in [-0.39, 0.29) is 11.9 Å². The summed E-state index contributed by atoms with van der Waals surface area (Å²) in [4.78, 5) is 13.0. The molecule has 0 radical (unpaired) electrons. The molecule has 1 aromatic heterocycles. The fourth-order valence-corrected chi connectivity index (χ4v) is 4.57. The van der Waals surface area contributed by atoms with Gasteiger partial charge in [0.25, 0.3) is 5.91 Å². The number of nitrogens with one attached hydrogen (secondary N) is 1. The van der Waals surface area contributed by atoms with E-state index in [4.69, 9.17) is 23.2 Å². The van der Waals surface area contributed by atoms with Crippen molar-refractivity contribution >= 4 is 50.5 Å². The third-order valence-electron chi connectivity index (χ3n) is 3.75. The maximum absolute atomic E-state index is 12.4. The molecule has 0 unspecified atom stereocenters. The summed E-state index contributed by atoms with van der Waals surface area (Å²) in [5.41, 5.74) is 0. The van der Waals surface area contributed by atoms with Gasteiger partial charge in [-0.05, 0) is 25.0 Å². The number of thiophene rings is 1. The number of halogens is 2. The SMILES string of the molecule is O=C(NC1CCCCC1)c1sc2cccc(Cl)c2c1Cl. The van der Waals surface area contributed by atoms with Crippen LogP contribution in [0.3, 0.4) is 0 Å². The molecule has 0 bridgehead atoms. The molecule has 106 valence electrons. The highest BCUT2D eigenvalue weighted by Crippen LogP contribution is 2.39. The molecule has 1 aliphatic carbocycles. The molecule has 1 N–H and O–H groups in total. The molecule has 2 nitrogen and oxygen atoms in total. The molecule has 1 fully saturated rings. The van der Waals surface area contributed by atoms with Gasteiger partial charge in [0.15, 0.2) is 0 Å². The van der Waals surface area contributed by atoms with Gasteiger partial charge in [0.1, 0.15) is 4.88 Å². The maximum atomic E-state index is 12.4. The van der Waals surface area contributed by atoms with Crippen LogP contribution in [0.5, 0.6) is 0 Å². The summed E-state index contributed by atoms with van der Waals surface area (Å²) in [7, 11) is 0. The number of benzene rings is 1. The van der Waals surface area contributed by atoms with Crippen molar-refractivity contribution < 1.29 is 4.79 Å². The highest BCUT2D eigenvalue weighted by Gasteiger charge is 2.22. The van der Waals surface area contributed by atoms with Gasteiger partial charge < -0.3 is 5.32 Å². The van der Waals surface area contributed by atoms with Crippen LogP contribution in [0.25, 0.3) is 10.1 Å². The summed E-state index contributed by atoms with van der Waals surface area (Å²) in [6, 6.07) is 5.90. The standard InChI is InChI=1S/C15H15Cl2NOS/c16-10-7-4-8-11-12(10)13(17)14(20-11)15(19)18-9-5-2-1-3-6-9/h4,7-9H,1-3,5-6H2,(H,18,19). The summed E-state index contributed by atoms with van der Waals surface area (Å²) in [5, 5.41) is 4.96. The van der Waals surface area contributed by atoms with Crippen LogP contribution in [0.2, 0.25) is 10.0 Å². The first-order chi connectivity index (χ1) is 9.66. The first-order valence-electron chi connectivity index (χ1n) is 6.84. The fourth-order valence-electron chi connectivity index (χ4n) is 2.71. The second kappa shape index (κ2) is 5.92. The van der Waals surface area contributed by atoms with Crippen molar-refractivity contribution in [2.45, 2.75) is 38.1 Å². The van der Waals surface area contributed by atoms with E-state index < -0.39 is 0 Å². The van der Waals surface area contributed by atoms with Crippen LogP contribution in [0.1, 0.15) is 41.8 Å². The lowest BCUT2D eigenvalue weighted by molar-refractivity contribution is 0.0932. The van der Waals surface area contributed by atoms with E-state index in [1.165, 1.54) is 30.6 Å². The van der Waals surface area contributed by atoms with Crippen LogP contribution in [0, 0.1) is 0 Å². The summed E-state index contributed by atoms with van der Waals surface area (Å²) < 4.78 is 0.955. The molecule has 1 heterocycles. The van der Waals surface area contributed by atoms with Crippen LogP contribution in [0.15, 0.2) is 18.2 Å². The van der Waals surface area contributed by atoms with Crippen LogP contribution < -0.4 is 5.32 Å².